The number of nitrogens with two attached hydrogens (primary N) is 4. The lowest BCUT2D eigenvalue weighted by molar-refractivity contribution is -0.142. The highest BCUT2D eigenvalue weighted by Crippen LogP contribution is 2.06. The number of carbonyl (C=O) groups excluding carboxylic acids is 3. The molecule has 0 radical (unpaired) electrons. The van der Waals surface area contributed by atoms with Gasteiger partial charge in [-0.3, -0.25) is 19.4 Å². The molecule has 0 aliphatic heterocycles. The lowest BCUT2D eigenvalue weighted by atomic mass is 10.0. The van der Waals surface area contributed by atoms with Gasteiger partial charge in [-0.1, -0.05) is 36.8 Å². The third-order valence-corrected chi connectivity index (χ3v) is 5.53. The van der Waals surface area contributed by atoms with E-state index in [9.17, 15) is 24.3 Å². The third-order valence-electron chi connectivity index (χ3n) is 5.53. The number of carboxylic acids is 1. The van der Waals surface area contributed by atoms with Crippen LogP contribution in [0.1, 0.15) is 44.6 Å². The Kier molecular flexibility index (Phi) is 14.3. The number of guanidine groups is 1. The van der Waals surface area contributed by atoms with Gasteiger partial charge in [-0.25, -0.2) is 4.79 Å². The van der Waals surface area contributed by atoms with Crippen LogP contribution in [0.25, 0.3) is 0 Å². The molecule has 13 nitrogen and oxygen atoms in total. The molecule has 0 fully saturated rings. The standard InChI is InChI=1S/C24H40N8O5/c1-15(30-21(34)17(26)10-5-6-12-25)20(33)32-19(14-16-8-3-2-4-9-16)22(35)31-18(23(36)37)11-7-13-29-24(27)28/h2-4,8-9,15,17-19H,5-7,10-14,25-26H2,1H3,(H,30,34)(H,31,35)(H,32,33)(H,36,37)(H4,27,28,29)/t15-,17-,18-,19-/m0/s1. The van der Waals surface area contributed by atoms with Crippen LogP contribution in [0.5, 0.6) is 0 Å². The summed E-state index contributed by atoms with van der Waals surface area (Å²) in [5.74, 6) is -3.12. The van der Waals surface area contributed by atoms with Crippen molar-refractivity contribution in [2.24, 2.45) is 27.9 Å². The number of benzene rings is 1. The predicted molar refractivity (Wildman–Crippen MR) is 140 cm³/mol. The number of amides is 3. The second-order valence-electron chi connectivity index (χ2n) is 8.72. The van der Waals surface area contributed by atoms with Crippen molar-refractivity contribution in [2.75, 3.05) is 13.1 Å². The van der Waals surface area contributed by atoms with E-state index >= 15 is 0 Å². The number of hydrogen-bond acceptors (Lipinski definition) is 7. The summed E-state index contributed by atoms with van der Waals surface area (Å²) in [6.45, 7) is 2.18. The van der Waals surface area contributed by atoms with Crippen molar-refractivity contribution in [1.82, 2.24) is 16.0 Å². The molecule has 1 rings (SSSR count). The number of carboxylic acid groups (broad SMARTS) is 1. The first-order valence-corrected chi connectivity index (χ1v) is 12.2. The van der Waals surface area contributed by atoms with E-state index in [0.29, 0.717) is 25.8 Å². The van der Waals surface area contributed by atoms with Gasteiger partial charge in [0.25, 0.3) is 0 Å². The SMILES string of the molecule is C[C@H](NC(=O)[C@@H](N)CCCCN)C(=O)N[C@@H](Cc1ccccc1)C(=O)N[C@@H](CCCN=C(N)N)C(=O)O. The minimum atomic E-state index is -1.23. The fourth-order valence-electron chi connectivity index (χ4n) is 3.41. The predicted octanol–water partition coefficient (Wildman–Crippen LogP) is -1.70. The van der Waals surface area contributed by atoms with Gasteiger partial charge in [0.2, 0.25) is 17.7 Å². The molecule has 37 heavy (non-hydrogen) atoms. The Balaban J connectivity index is 2.87. The van der Waals surface area contributed by atoms with Crippen LogP contribution >= 0.6 is 0 Å². The van der Waals surface area contributed by atoms with E-state index in [4.69, 9.17) is 22.9 Å². The number of nitrogens with one attached hydrogen (secondary N) is 3. The van der Waals surface area contributed by atoms with Gasteiger partial charge in [-0.05, 0) is 44.7 Å². The summed E-state index contributed by atoms with van der Waals surface area (Å²) in [5, 5.41) is 17.2. The third kappa shape index (κ3) is 12.7. The maximum absolute atomic E-state index is 13.1. The molecule has 0 heterocycles. The molecule has 0 bridgehead atoms. The van der Waals surface area contributed by atoms with E-state index in [1.807, 2.05) is 6.07 Å². The van der Waals surface area contributed by atoms with Crippen molar-refractivity contribution in [3.63, 3.8) is 0 Å². The van der Waals surface area contributed by atoms with Crippen LogP contribution in [0.2, 0.25) is 0 Å². The molecule has 206 valence electrons. The molecule has 3 amide bonds. The minimum Gasteiger partial charge on any atom is -0.480 e. The van der Waals surface area contributed by atoms with E-state index in [1.165, 1.54) is 6.92 Å². The molecule has 0 aromatic heterocycles. The zero-order valence-electron chi connectivity index (χ0n) is 21.2. The summed E-state index contributed by atoms with van der Waals surface area (Å²) >= 11 is 0. The summed E-state index contributed by atoms with van der Waals surface area (Å²) in [5.41, 5.74) is 22.6. The van der Waals surface area contributed by atoms with E-state index < -0.39 is 47.9 Å². The monoisotopic (exact) mass is 520 g/mol. The maximum atomic E-state index is 13.1. The molecule has 0 saturated carbocycles. The van der Waals surface area contributed by atoms with Gasteiger partial charge >= 0.3 is 5.97 Å². The van der Waals surface area contributed by atoms with E-state index in [1.54, 1.807) is 24.3 Å². The highest BCUT2D eigenvalue weighted by molar-refractivity contribution is 5.94. The Hall–Kier alpha value is -3.71. The van der Waals surface area contributed by atoms with E-state index in [-0.39, 0.29) is 25.3 Å². The quantitative estimate of drug-likeness (QED) is 0.0662. The van der Waals surface area contributed by atoms with Crippen LogP contribution in [0, 0.1) is 0 Å². The van der Waals surface area contributed by atoms with Crippen molar-refractivity contribution in [3.8, 4) is 0 Å². The van der Waals surface area contributed by atoms with Crippen molar-refractivity contribution >= 4 is 29.7 Å². The molecule has 0 aliphatic carbocycles. The summed E-state index contributed by atoms with van der Waals surface area (Å²) in [6, 6.07) is 4.86. The fraction of sp³-hybridized carbons (Fsp3) is 0.542. The topological polar surface area (TPSA) is 241 Å². The second kappa shape index (κ2) is 16.9. The number of unbranched alkanes of at least 4 members (excludes halogenated alkanes) is 1. The number of hydrogen-bond donors (Lipinski definition) is 8. The number of rotatable bonds is 17. The Morgan fingerprint density at radius 2 is 1.54 bits per heavy atom. The lowest BCUT2D eigenvalue weighted by Crippen LogP contribution is -2.57. The van der Waals surface area contributed by atoms with Crippen molar-refractivity contribution < 1.29 is 24.3 Å². The molecule has 4 atom stereocenters. The summed E-state index contributed by atoms with van der Waals surface area (Å²) in [4.78, 5) is 53.7. The van der Waals surface area contributed by atoms with Crippen LogP contribution in [0.4, 0.5) is 0 Å². The minimum absolute atomic E-state index is 0.0817. The Bertz CT molecular complexity index is 908. The summed E-state index contributed by atoms with van der Waals surface area (Å²) in [7, 11) is 0. The molecule has 0 aliphatic rings. The average Bonchev–Trinajstić information content (AvgIpc) is 2.85. The van der Waals surface area contributed by atoms with E-state index in [0.717, 1.165) is 12.0 Å². The zero-order chi connectivity index (χ0) is 27.8. The second-order valence-corrected chi connectivity index (χ2v) is 8.72. The number of aliphatic carboxylic acids is 1. The molecule has 0 saturated heterocycles. The van der Waals surface area contributed by atoms with Crippen LogP contribution in [0.15, 0.2) is 35.3 Å². The number of carbonyl (C=O) groups is 4. The van der Waals surface area contributed by atoms with Gasteiger partial charge in [0, 0.05) is 13.0 Å². The smallest absolute Gasteiger partial charge is 0.326 e. The lowest BCUT2D eigenvalue weighted by Gasteiger charge is -2.24. The van der Waals surface area contributed by atoms with Gasteiger partial charge in [0.1, 0.15) is 18.1 Å². The number of aliphatic imine (C=N–C) groups is 1. The van der Waals surface area contributed by atoms with Gasteiger partial charge in [0.15, 0.2) is 5.96 Å². The normalized spacial score (nSPS) is 13.9. The first-order valence-electron chi connectivity index (χ1n) is 12.2. The average molecular weight is 521 g/mol. The van der Waals surface area contributed by atoms with Crippen LogP contribution < -0.4 is 38.9 Å². The molecule has 1 aromatic carbocycles. The van der Waals surface area contributed by atoms with Crippen LogP contribution in [0.3, 0.4) is 0 Å². The largest absolute Gasteiger partial charge is 0.480 e. The Morgan fingerprint density at radius 3 is 2.14 bits per heavy atom. The first kappa shape index (κ1) is 31.3. The van der Waals surface area contributed by atoms with Crippen molar-refractivity contribution in [3.05, 3.63) is 35.9 Å². The maximum Gasteiger partial charge on any atom is 0.326 e. The molecule has 13 heteroatoms. The fourth-order valence-corrected chi connectivity index (χ4v) is 3.41. The molecular weight excluding hydrogens is 480 g/mol. The summed E-state index contributed by atoms with van der Waals surface area (Å²) in [6.07, 6.45) is 2.35. The van der Waals surface area contributed by atoms with Crippen molar-refractivity contribution in [1.29, 1.82) is 0 Å². The van der Waals surface area contributed by atoms with Crippen molar-refractivity contribution in [2.45, 2.75) is 69.6 Å². The van der Waals surface area contributed by atoms with Gasteiger partial charge in [0.05, 0.1) is 6.04 Å². The number of nitrogens with zero attached hydrogens (tertiary/aromatic N) is 1. The van der Waals surface area contributed by atoms with Crippen LogP contribution in [-0.2, 0) is 25.6 Å². The van der Waals surface area contributed by atoms with Gasteiger partial charge < -0.3 is 44.0 Å². The van der Waals surface area contributed by atoms with E-state index in [2.05, 4.69) is 20.9 Å². The van der Waals surface area contributed by atoms with Gasteiger partial charge in [-0.15, -0.1) is 0 Å². The molecule has 12 N–H and O–H groups in total. The molecule has 1 aromatic rings. The van der Waals surface area contributed by atoms with Gasteiger partial charge in [-0.2, -0.15) is 0 Å². The highest BCUT2D eigenvalue weighted by Gasteiger charge is 2.29. The Morgan fingerprint density at radius 1 is 0.892 bits per heavy atom. The molecule has 0 spiro atoms. The molecular formula is C24H40N8O5. The highest BCUT2D eigenvalue weighted by atomic mass is 16.4. The molecule has 0 unspecified atom stereocenters. The first-order chi connectivity index (χ1) is 17.5. The Labute approximate surface area is 216 Å². The van der Waals surface area contributed by atoms with Crippen LogP contribution in [-0.4, -0.2) is 72.0 Å². The summed E-state index contributed by atoms with van der Waals surface area (Å²) < 4.78 is 0. The zero-order valence-corrected chi connectivity index (χ0v) is 21.2.